The highest BCUT2D eigenvalue weighted by Gasteiger charge is 2.08. The zero-order chi connectivity index (χ0) is 16.8. The number of carbonyl (C=O) groups is 2. The molecule has 0 unspecified atom stereocenters. The number of nitrogens with one attached hydrogen (secondary N) is 1. The first-order valence-electron chi connectivity index (χ1n) is 6.95. The van der Waals surface area contributed by atoms with E-state index in [1.54, 1.807) is 38.4 Å². The molecule has 0 saturated heterocycles. The lowest BCUT2D eigenvalue weighted by atomic mass is 10.2. The van der Waals surface area contributed by atoms with E-state index in [9.17, 15) is 9.59 Å². The van der Waals surface area contributed by atoms with Gasteiger partial charge in [0.2, 0.25) is 5.91 Å². The molecule has 0 fully saturated rings. The zero-order valence-corrected chi connectivity index (χ0v) is 15.3. The first-order chi connectivity index (χ1) is 11.0. The highest BCUT2D eigenvalue weighted by atomic mass is 79.9. The van der Waals surface area contributed by atoms with Crippen molar-refractivity contribution < 1.29 is 9.59 Å². The van der Waals surface area contributed by atoms with E-state index in [0.29, 0.717) is 17.0 Å². The topological polar surface area (TPSA) is 49.4 Å². The molecule has 0 aliphatic rings. The van der Waals surface area contributed by atoms with Crippen molar-refractivity contribution in [2.75, 3.05) is 25.2 Å². The van der Waals surface area contributed by atoms with Gasteiger partial charge in [-0.25, -0.2) is 0 Å². The fourth-order valence-electron chi connectivity index (χ4n) is 1.83. The second kappa shape index (κ2) is 8.17. The van der Waals surface area contributed by atoms with Crippen molar-refractivity contribution in [1.82, 2.24) is 4.90 Å². The van der Waals surface area contributed by atoms with Crippen molar-refractivity contribution in [3.05, 3.63) is 58.6 Å². The number of benzene rings is 2. The van der Waals surface area contributed by atoms with E-state index in [1.165, 1.54) is 16.7 Å². The number of rotatable bonds is 5. The van der Waals surface area contributed by atoms with Gasteiger partial charge in [0.25, 0.3) is 5.91 Å². The van der Waals surface area contributed by atoms with E-state index >= 15 is 0 Å². The van der Waals surface area contributed by atoms with Gasteiger partial charge < -0.3 is 10.2 Å². The van der Waals surface area contributed by atoms with E-state index in [1.807, 2.05) is 24.3 Å². The fraction of sp³-hybridized carbons (Fsp3) is 0.176. The average Bonchev–Trinajstić information content (AvgIpc) is 2.54. The average molecular weight is 393 g/mol. The molecule has 2 amide bonds. The molecule has 0 saturated carbocycles. The van der Waals surface area contributed by atoms with Gasteiger partial charge in [-0.3, -0.25) is 9.59 Å². The van der Waals surface area contributed by atoms with Crippen molar-refractivity contribution in [1.29, 1.82) is 0 Å². The Labute approximate surface area is 148 Å². The molecule has 6 heteroatoms. The maximum atomic E-state index is 12.0. The molecule has 0 bridgehead atoms. The fourth-order valence-corrected chi connectivity index (χ4v) is 2.79. The number of hydrogen-bond donors (Lipinski definition) is 1. The first kappa shape index (κ1) is 17.6. The first-order valence-corrected chi connectivity index (χ1v) is 8.73. The summed E-state index contributed by atoms with van der Waals surface area (Å²) < 4.78 is 1.01. The van der Waals surface area contributed by atoms with Crippen LogP contribution in [0.2, 0.25) is 0 Å². The van der Waals surface area contributed by atoms with E-state index in [2.05, 4.69) is 21.2 Å². The van der Waals surface area contributed by atoms with Crippen molar-refractivity contribution in [3.8, 4) is 0 Å². The molecule has 1 N–H and O–H groups in total. The normalized spacial score (nSPS) is 10.2. The van der Waals surface area contributed by atoms with Gasteiger partial charge in [-0.05, 0) is 48.5 Å². The van der Waals surface area contributed by atoms with Gasteiger partial charge in [0.15, 0.2) is 0 Å². The Morgan fingerprint density at radius 2 is 1.65 bits per heavy atom. The Balaban J connectivity index is 1.87. The molecule has 0 spiro atoms. The molecule has 0 aliphatic carbocycles. The lowest BCUT2D eigenvalue weighted by Crippen LogP contribution is -2.21. The standard InChI is InChI=1S/C17H17BrN2O2S/c1-20(2)17(22)12-3-7-14(8-4-12)19-16(21)11-23-15-9-5-13(18)6-10-15/h3-10H,11H2,1-2H3,(H,19,21). The van der Waals surface area contributed by atoms with Gasteiger partial charge in [0.1, 0.15) is 0 Å². The van der Waals surface area contributed by atoms with E-state index in [4.69, 9.17) is 0 Å². The maximum absolute atomic E-state index is 12.0. The summed E-state index contributed by atoms with van der Waals surface area (Å²) in [7, 11) is 3.41. The van der Waals surface area contributed by atoms with Gasteiger partial charge in [-0.1, -0.05) is 15.9 Å². The van der Waals surface area contributed by atoms with Gasteiger partial charge >= 0.3 is 0 Å². The molecule has 0 heterocycles. The molecule has 23 heavy (non-hydrogen) atoms. The minimum Gasteiger partial charge on any atom is -0.345 e. The molecule has 2 aromatic rings. The number of anilines is 1. The van der Waals surface area contributed by atoms with Gasteiger partial charge in [0, 0.05) is 34.7 Å². The number of halogens is 1. The van der Waals surface area contributed by atoms with Crippen LogP contribution < -0.4 is 5.32 Å². The summed E-state index contributed by atoms with van der Waals surface area (Å²) in [6.45, 7) is 0. The molecule has 0 aliphatic heterocycles. The van der Waals surface area contributed by atoms with E-state index < -0.39 is 0 Å². The van der Waals surface area contributed by atoms with Crippen molar-refractivity contribution in [2.24, 2.45) is 0 Å². The molecule has 2 aromatic carbocycles. The van der Waals surface area contributed by atoms with Crippen LogP contribution in [0.25, 0.3) is 0 Å². The Morgan fingerprint density at radius 3 is 2.22 bits per heavy atom. The van der Waals surface area contributed by atoms with Crippen LogP contribution in [0, 0.1) is 0 Å². The quantitative estimate of drug-likeness (QED) is 0.785. The molecule has 120 valence electrons. The van der Waals surface area contributed by atoms with Crippen LogP contribution >= 0.6 is 27.7 Å². The third-order valence-corrected chi connectivity index (χ3v) is 4.55. The summed E-state index contributed by atoms with van der Waals surface area (Å²) in [6.07, 6.45) is 0. The summed E-state index contributed by atoms with van der Waals surface area (Å²) in [5.41, 5.74) is 1.28. The predicted molar refractivity (Wildman–Crippen MR) is 98.0 cm³/mol. The van der Waals surface area contributed by atoms with Crippen LogP contribution in [0.3, 0.4) is 0 Å². The number of amides is 2. The molecule has 0 aromatic heterocycles. The third kappa shape index (κ3) is 5.41. The molecule has 0 radical (unpaired) electrons. The molecule has 2 rings (SSSR count). The highest BCUT2D eigenvalue weighted by Crippen LogP contribution is 2.21. The van der Waals surface area contributed by atoms with Gasteiger partial charge in [0.05, 0.1) is 5.75 Å². The summed E-state index contributed by atoms with van der Waals surface area (Å²) >= 11 is 4.85. The summed E-state index contributed by atoms with van der Waals surface area (Å²) in [6, 6.07) is 14.7. The zero-order valence-electron chi connectivity index (χ0n) is 12.9. The van der Waals surface area contributed by atoms with Crippen LogP contribution in [0.5, 0.6) is 0 Å². The SMILES string of the molecule is CN(C)C(=O)c1ccc(NC(=O)CSc2ccc(Br)cc2)cc1. The third-order valence-electron chi connectivity index (χ3n) is 3.01. The lowest BCUT2D eigenvalue weighted by molar-refractivity contribution is -0.113. The molecule has 4 nitrogen and oxygen atoms in total. The molecule has 0 atom stereocenters. The number of carbonyl (C=O) groups excluding carboxylic acids is 2. The van der Waals surface area contributed by atoms with Gasteiger partial charge in [-0.2, -0.15) is 0 Å². The van der Waals surface area contributed by atoms with Crippen molar-refractivity contribution in [3.63, 3.8) is 0 Å². The van der Waals surface area contributed by atoms with Crippen LogP contribution in [0.15, 0.2) is 57.9 Å². The summed E-state index contributed by atoms with van der Waals surface area (Å²) in [5, 5.41) is 2.82. The molecular formula is C17H17BrN2O2S. The van der Waals surface area contributed by atoms with Crippen LogP contribution in [-0.4, -0.2) is 36.6 Å². The van der Waals surface area contributed by atoms with Crippen LogP contribution in [0.1, 0.15) is 10.4 Å². The molecular weight excluding hydrogens is 376 g/mol. The number of hydrogen-bond acceptors (Lipinski definition) is 3. The Bertz CT molecular complexity index is 685. The maximum Gasteiger partial charge on any atom is 0.253 e. The number of thioether (sulfide) groups is 1. The smallest absolute Gasteiger partial charge is 0.253 e. The van der Waals surface area contributed by atoms with Gasteiger partial charge in [-0.15, -0.1) is 11.8 Å². The summed E-state index contributed by atoms with van der Waals surface area (Å²) in [4.78, 5) is 26.3. The lowest BCUT2D eigenvalue weighted by Gasteiger charge is -2.11. The Kier molecular flexibility index (Phi) is 6.24. The van der Waals surface area contributed by atoms with E-state index in [-0.39, 0.29) is 11.8 Å². The predicted octanol–water partition coefficient (Wildman–Crippen LogP) is 3.88. The number of nitrogens with zero attached hydrogens (tertiary/aromatic N) is 1. The minimum atomic E-state index is -0.0791. The van der Waals surface area contributed by atoms with Crippen molar-refractivity contribution >= 4 is 45.2 Å². The Morgan fingerprint density at radius 1 is 1.04 bits per heavy atom. The second-order valence-corrected chi connectivity index (χ2v) is 7.03. The highest BCUT2D eigenvalue weighted by molar-refractivity contribution is 9.10. The largest absolute Gasteiger partial charge is 0.345 e. The summed E-state index contributed by atoms with van der Waals surface area (Å²) in [5.74, 6) is 0.193. The Hall–Kier alpha value is -1.79. The minimum absolute atomic E-state index is 0.0614. The second-order valence-electron chi connectivity index (χ2n) is 5.07. The van der Waals surface area contributed by atoms with Crippen molar-refractivity contribution in [2.45, 2.75) is 4.90 Å². The van der Waals surface area contributed by atoms with Crippen LogP contribution in [0.4, 0.5) is 5.69 Å². The monoisotopic (exact) mass is 392 g/mol. The van der Waals surface area contributed by atoms with Crippen LogP contribution in [-0.2, 0) is 4.79 Å². The van der Waals surface area contributed by atoms with E-state index in [0.717, 1.165) is 9.37 Å².